The highest BCUT2D eigenvalue weighted by molar-refractivity contribution is 6.11. The average molecular weight is 376 g/mol. The minimum atomic E-state index is -0.548. The quantitative estimate of drug-likeness (QED) is 0.486. The lowest BCUT2D eigenvalue weighted by atomic mass is 10.1. The van der Waals surface area contributed by atoms with Crippen molar-refractivity contribution in [2.75, 3.05) is 14.2 Å². The van der Waals surface area contributed by atoms with Crippen molar-refractivity contribution in [2.45, 2.75) is 6.42 Å². The Morgan fingerprint density at radius 3 is 2.21 bits per heavy atom. The third-order valence-electron chi connectivity index (χ3n) is 4.22. The third-order valence-corrected chi connectivity index (χ3v) is 4.22. The zero-order valence-corrected chi connectivity index (χ0v) is 15.7. The lowest BCUT2D eigenvalue weighted by molar-refractivity contribution is -0.134. The molecule has 0 unspecified atom stereocenters. The maximum atomic E-state index is 12.5. The fraction of sp³-hybridized carbons (Fsp3) is 0.136. The maximum absolute atomic E-state index is 12.5. The lowest BCUT2D eigenvalue weighted by Gasteiger charge is -2.12. The van der Waals surface area contributed by atoms with Crippen molar-refractivity contribution in [2.24, 2.45) is 0 Å². The first-order valence-corrected chi connectivity index (χ1v) is 8.70. The second-order valence-electron chi connectivity index (χ2n) is 5.95. The van der Waals surface area contributed by atoms with E-state index < -0.39 is 11.9 Å². The fourth-order valence-corrected chi connectivity index (χ4v) is 2.85. The van der Waals surface area contributed by atoms with Gasteiger partial charge in [0.1, 0.15) is 11.3 Å². The van der Waals surface area contributed by atoms with E-state index in [0.29, 0.717) is 12.1 Å². The van der Waals surface area contributed by atoms with E-state index in [1.54, 1.807) is 6.08 Å². The van der Waals surface area contributed by atoms with Crippen molar-refractivity contribution in [3.63, 3.8) is 0 Å². The number of methoxy groups -OCH3 is 2. The van der Waals surface area contributed by atoms with Gasteiger partial charge in [-0.2, -0.15) is 5.10 Å². The Kier molecular flexibility index (Phi) is 6.01. The van der Waals surface area contributed by atoms with E-state index >= 15 is 0 Å². The van der Waals surface area contributed by atoms with Crippen LogP contribution in [-0.4, -0.2) is 35.9 Å². The van der Waals surface area contributed by atoms with Crippen molar-refractivity contribution in [1.29, 1.82) is 0 Å². The van der Waals surface area contributed by atoms with E-state index in [1.807, 2.05) is 60.7 Å². The van der Waals surface area contributed by atoms with E-state index in [0.717, 1.165) is 11.1 Å². The van der Waals surface area contributed by atoms with Gasteiger partial charge in [0.25, 0.3) is 0 Å². The smallest absolute Gasteiger partial charge is 0.356 e. The van der Waals surface area contributed by atoms with Crippen molar-refractivity contribution < 1.29 is 19.1 Å². The standard InChI is InChI=1S/C22H20N2O4/c1-27-21(25)18-15-23-24(20(18)17-11-7-4-8-12-17)19(22(26)28-2)14-13-16-9-5-3-6-10-16/h3-12,14-15H,13H2,1-2H3. The predicted molar refractivity (Wildman–Crippen MR) is 105 cm³/mol. The molecule has 0 aliphatic carbocycles. The van der Waals surface area contributed by atoms with Crippen molar-refractivity contribution in [1.82, 2.24) is 9.78 Å². The minimum Gasteiger partial charge on any atom is -0.465 e. The molecule has 3 rings (SSSR count). The van der Waals surface area contributed by atoms with Crippen LogP contribution < -0.4 is 0 Å². The molecule has 0 spiro atoms. The Balaban J connectivity index is 2.13. The topological polar surface area (TPSA) is 70.4 Å². The molecule has 3 aromatic rings. The van der Waals surface area contributed by atoms with Crippen LogP contribution in [0.15, 0.2) is 72.9 Å². The Labute approximate surface area is 163 Å². The monoisotopic (exact) mass is 376 g/mol. The molecule has 28 heavy (non-hydrogen) atoms. The van der Waals surface area contributed by atoms with Crippen molar-refractivity contribution >= 4 is 17.6 Å². The SMILES string of the molecule is COC(=O)C(=CCc1ccccc1)n1ncc(C(=O)OC)c1-c1ccccc1. The van der Waals surface area contributed by atoms with E-state index in [4.69, 9.17) is 9.47 Å². The molecule has 0 radical (unpaired) electrons. The maximum Gasteiger partial charge on any atom is 0.356 e. The highest BCUT2D eigenvalue weighted by Crippen LogP contribution is 2.27. The van der Waals surface area contributed by atoms with Crippen molar-refractivity contribution in [3.05, 3.63) is 84.1 Å². The van der Waals surface area contributed by atoms with E-state index in [1.165, 1.54) is 25.1 Å². The highest BCUT2D eigenvalue weighted by atomic mass is 16.5. The number of nitrogens with zero attached hydrogens (tertiary/aromatic N) is 2. The van der Waals surface area contributed by atoms with Gasteiger partial charge >= 0.3 is 11.9 Å². The van der Waals surface area contributed by atoms with Gasteiger partial charge in [0.05, 0.1) is 26.1 Å². The van der Waals surface area contributed by atoms with Gasteiger partial charge in [0.2, 0.25) is 0 Å². The molecule has 0 fully saturated rings. The molecule has 0 atom stereocenters. The molecule has 2 aromatic carbocycles. The third kappa shape index (κ3) is 4.01. The summed E-state index contributed by atoms with van der Waals surface area (Å²) in [5.41, 5.74) is 2.72. The number of benzene rings is 2. The minimum absolute atomic E-state index is 0.223. The molecule has 1 aromatic heterocycles. The summed E-state index contributed by atoms with van der Waals surface area (Å²) < 4.78 is 11.3. The number of hydrogen-bond donors (Lipinski definition) is 0. The van der Waals surface area contributed by atoms with Crippen LogP contribution in [-0.2, 0) is 20.7 Å². The summed E-state index contributed by atoms with van der Waals surface area (Å²) in [5.74, 6) is -1.08. The van der Waals surface area contributed by atoms with Gasteiger partial charge in [-0.15, -0.1) is 0 Å². The van der Waals surface area contributed by atoms with Crippen LogP contribution in [0.5, 0.6) is 0 Å². The van der Waals surface area contributed by atoms with Crippen LogP contribution in [0, 0.1) is 0 Å². The van der Waals surface area contributed by atoms with Crippen LogP contribution in [0.2, 0.25) is 0 Å². The summed E-state index contributed by atoms with van der Waals surface area (Å²) in [4.78, 5) is 24.7. The normalized spacial score (nSPS) is 11.1. The largest absolute Gasteiger partial charge is 0.465 e. The molecule has 0 bridgehead atoms. The molecule has 0 saturated carbocycles. The first-order chi connectivity index (χ1) is 13.7. The number of aromatic nitrogens is 2. The van der Waals surface area contributed by atoms with Gasteiger partial charge in [-0.3, -0.25) is 0 Å². The molecule has 0 aliphatic heterocycles. The first kappa shape index (κ1) is 19.1. The van der Waals surface area contributed by atoms with Gasteiger partial charge in [-0.05, 0) is 18.1 Å². The number of ether oxygens (including phenoxy) is 2. The van der Waals surface area contributed by atoms with Gasteiger partial charge in [0, 0.05) is 5.56 Å². The van der Waals surface area contributed by atoms with Crippen LogP contribution >= 0.6 is 0 Å². The van der Waals surface area contributed by atoms with Crippen LogP contribution in [0.4, 0.5) is 0 Å². The van der Waals surface area contributed by atoms with Crippen molar-refractivity contribution in [3.8, 4) is 11.3 Å². The zero-order valence-electron chi connectivity index (χ0n) is 15.7. The fourth-order valence-electron chi connectivity index (χ4n) is 2.85. The second-order valence-corrected chi connectivity index (χ2v) is 5.95. The Bertz CT molecular complexity index is 992. The molecule has 0 amide bonds. The lowest BCUT2D eigenvalue weighted by Crippen LogP contribution is -2.14. The summed E-state index contributed by atoms with van der Waals surface area (Å²) in [6, 6.07) is 19.0. The van der Waals surface area contributed by atoms with Crippen LogP contribution in [0.3, 0.4) is 0 Å². The number of hydrogen-bond acceptors (Lipinski definition) is 5. The predicted octanol–water partition coefficient (Wildman–Crippen LogP) is 3.59. The van der Waals surface area contributed by atoms with Gasteiger partial charge in [-0.1, -0.05) is 60.7 Å². The molecule has 0 saturated heterocycles. The molecule has 1 heterocycles. The second kappa shape index (κ2) is 8.81. The number of carbonyl (C=O) groups excluding carboxylic acids is 2. The molecule has 6 heteroatoms. The number of allylic oxidation sites excluding steroid dienone is 1. The summed E-state index contributed by atoms with van der Waals surface area (Å²) in [7, 11) is 2.62. The van der Waals surface area contributed by atoms with Gasteiger partial charge < -0.3 is 9.47 Å². The molecule has 0 aliphatic rings. The number of esters is 2. The van der Waals surface area contributed by atoms with Crippen LogP contribution in [0.25, 0.3) is 17.0 Å². The van der Waals surface area contributed by atoms with Gasteiger partial charge in [0.15, 0.2) is 0 Å². The molecule has 6 nitrogen and oxygen atoms in total. The number of carbonyl (C=O) groups is 2. The average Bonchev–Trinajstić information content (AvgIpc) is 3.19. The Hall–Kier alpha value is -3.67. The Morgan fingerprint density at radius 2 is 1.61 bits per heavy atom. The summed E-state index contributed by atoms with van der Waals surface area (Å²) in [6.07, 6.45) is 3.64. The summed E-state index contributed by atoms with van der Waals surface area (Å²) in [6.45, 7) is 0. The zero-order chi connectivity index (χ0) is 19.9. The molecule has 142 valence electrons. The van der Waals surface area contributed by atoms with Gasteiger partial charge in [-0.25, -0.2) is 14.3 Å². The number of rotatable bonds is 6. The van der Waals surface area contributed by atoms with E-state index in [2.05, 4.69) is 5.10 Å². The van der Waals surface area contributed by atoms with E-state index in [9.17, 15) is 9.59 Å². The molecule has 0 N–H and O–H groups in total. The van der Waals surface area contributed by atoms with E-state index in [-0.39, 0.29) is 11.3 Å². The highest BCUT2D eigenvalue weighted by Gasteiger charge is 2.24. The van der Waals surface area contributed by atoms with Crippen LogP contribution in [0.1, 0.15) is 15.9 Å². The summed E-state index contributed by atoms with van der Waals surface area (Å²) in [5, 5.41) is 4.29. The molecular weight excluding hydrogens is 356 g/mol. The Morgan fingerprint density at radius 1 is 0.964 bits per heavy atom. The summed E-state index contributed by atoms with van der Waals surface area (Å²) >= 11 is 0. The molecular formula is C22H20N2O4. The first-order valence-electron chi connectivity index (χ1n) is 8.70.